The molecule has 0 radical (unpaired) electrons. The van der Waals surface area contributed by atoms with Gasteiger partial charge in [0.1, 0.15) is 11.6 Å². The molecule has 38 heavy (non-hydrogen) atoms. The Hall–Kier alpha value is -2.75. The lowest BCUT2D eigenvalue weighted by atomic mass is 9.70. The summed E-state index contributed by atoms with van der Waals surface area (Å²) in [6.45, 7) is 2.22. The first-order valence-electron chi connectivity index (χ1n) is 13.4. The highest BCUT2D eigenvalue weighted by Gasteiger charge is 2.77. The molecular weight excluding hydrogens is 550 g/mol. The lowest BCUT2D eigenvalue weighted by Crippen LogP contribution is -2.56. The van der Waals surface area contributed by atoms with Gasteiger partial charge in [0.05, 0.1) is 30.6 Å². The Labute approximate surface area is 231 Å². The van der Waals surface area contributed by atoms with E-state index in [1.165, 1.54) is 4.90 Å². The third-order valence-corrected chi connectivity index (χ3v) is 8.94. The number of carbonyl (C=O) groups excluding carboxylic acids is 3. The maximum absolute atomic E-state index is 14.3. The van der Waals surface area contributed by atoms with E-state index in [9.17, 15) is 19.5 Å². The van der Waals surface area contributed by atoms with E-state index in [1.54, 1.807) is 12.1 Å². The minimum Gasteiger partial charge on any atom is -0.394 e. The average molecular weight is 585 g/mol. The van der Waals surface area contributed by atoms with E-state index in [1.807, 2.05) is 48.5 Å². The molecule has 202 valence electrons. The van der Waals surface area contributed by atoms with Gasteiger partial charge in [-0.05, 0) is 30.5 Å². The highest BCUT2D eigenvalue weighted by atomic mass is 79.9. The molecule has 8 nitrogen and oxygen atoms in total. The number of benzene rings is 2. The van der Waals surface area contributed by atoms with Gasteiger partial charge in [-0.1, -0.05) is 84.2 Å². The summed E-state index contributed by atoms with van der Waals surface area (Å²) < 4.78 is 6.55. The van der Waals surface area contributed by atoms with Crippen LogP contribution in [-0.2, 0) is 19.1 Å². The molecule has 1 spiro atoms. The number of ether oxygens (including phenoxy) is 1. The maximum atomic E-state index is 14.3. The molecule has 3 unspecified atom stereocenters. The standard InChI is InChI=1S/C29H34BrN3O5/c1-2-3-10-15-31-27(36)25-29-16-20(30)24(38-29)22(26(35)32-19-13-8-5-9-14-19)23(29)28(37)33(25)21(17-34)18-11-6-4-7-12-18/h4-9,11-14,20-25,34H,2-3,10,15-17H2,1H3,(H,31,36)(H,32,35)/t20?,21-,22+,23+,24+,25?,29?/m1/s1. The van der Waals surface area contributed by atoms with Gasteiger partial charge in [-0.2, -0.15) is 0 Å². The van der Waals surface area contributed by atoms with Crippen molar-refractivity contribution in [3.63, 3.8) is 0 Å². The molecule has 0 aliphatic carbocycles. The topological polar surface area (TPSA) is 108 Å². The van der Waals surface area contributed by atoms with Crippen molar-refractivity contribution < 1.29 is 24.2 Å². The van der Waals surface area contributed by atoms with Crippen molar-refractivity contribution in [3.8, 4) is 0 Å². The van der Waals surface area contributed by atoms with Crippen LogP contribution >= 0.6 is 15.9 Å². The number of nitrogens with zero attached hydrogens (tertiary/aromatic N) is 1. The van der Waals surface area contributed by atoms with Crippen LogP contribution in [0.3, 0.4) is 0 Å². The largest absolute Gasteiger partial charge is 0.394 e. The van der Waals surface area contributed by atoms with Crippen molar-refractivity contribution in [2.24, 2.45) is 11.8 Å². The Morgan fingerprint density at radius 2 is 1.79 bits per heavy atom. The van der Waals surface area contributed by atoms with Gasteiger partial charge in [-0.15, -0.1) is 0 Å². The predicted octanol–water partition coefficient (Wildman–Crippen LogP) is 3.41. The van der Waals surface area contributed by atoms with E-state index in [0.717, 1.165) is 24.8 Å². The Morgan fingerprint density at radius 1 is 1.11 bits per heavy atom. The number of fused-ring (bicyclic) bond motifs is 1. The van der Waals surface area contributed by atoms with Crippen LogP contribution < -0.4 is 10.6 Å². The third kappa shape index (κ3) is 4.54. The molecule has 3 aliphatic rings. The number of anilines is 1. The van der Waals surface area contributed by atoms with Crippen LogP contribution in [-0.4, -0.2) is 63.5 Å². The molecular formula is C29H34BrN3O5. The summed E-state index contributed by atoms with van der Waals surface area (Å²) in [5.41, 5.74) is 0.176. The fourth-order valence-corrected chi connectivity index (χ4v) is 7.41. The zero-order valence-electron chi connectivity index (χ0n) is 21.4. The molecule has 2 bridgehead atoms. The van der Waals surface area contributed by atoms with Gasteiger partial charge in [-0.25, -0.2) is 0 Å². The van der Waals surface area contributed by atoms with Crippen LogP contribution in [0.2, 0.25) is 0 Å². The van der Waals surface area contributed by atoms with E-state index < -0.39 is 35.6 Å². The number of unbranched alkanes of at least 4 members (excludes halogenated alkanes) is 2. The number of aliphatic hydroxyl groups is 1. The number of rotatable bonds is 10. The van der Waals surface area contributed by atoms with E-state index >= 15 is 0 Å². The third-order valence-electron chi connectivity index (χ3n) is 8.09. The van der Waals surface area contributed by atoms with Crippen LogP contribution in [0.4, 0.5) is 5.69 Å². The maximum Gasteiger partial charge on any atom is 0.245 e. The molecule has 2 aromatic carbocycles. The SMILES string of the molecule is CCCCCNC(=O)C1N([C@H](CO)c2ccccc2)C(=O)[C@@H]2[C@H](C(=O)Nc3ccccc3)[C@H]3OC12CC3Br. The van der Waals surface area contributed by atoms with Crippen LogP contribution in [0.15, 0.2) is 60.7 Å². The van der Waals surface area contributed by atoms with Crippen molar-refractivity contribution in [2.75, 3.05) is 18.5 Å². The fourth-order valence-electron chi connectivity index (χ4n) is 6.46. The summed E-state index contributed by atoms with van der Waals surface area (Å²) >= 11 is 3.69. The van der Waals surface area contributed by atoms with Crippen molar-refractivity contribution in [1.82, 2.24) is 10.2 Å². The second-order valence-corrected chi connectivity index (χ2v) is 11.5. The first-order valence-corrected chi connectivity index (χ1v) is 14.3. The second kappa shape index (κ2) is 11.2. The normalized spacial score (nSPS) is 30.2. The number of carbonyl (C=O) groups is 3. The Kier molecular flexibility index (Phi) is 7.88. The molecule has 3 saturated heterocycles. The van der Waals surface area contributed by atoms with Crippen LogP contribution in [0.1, 0.15) is 44.2 Å². The molecule has 3 fully saturated rings. The lowest BCUT2D eigenvalue weighted by Gasteiger charge is -2.37. The molecule has 9 heteroatoms. The Morgan fingerprint density at radius 3 is 2.45 bits per heavy atom. The number of alkyl halides is 1. The number of likely N-dealkylation sites (tertiary alicyclic amines) is 1. The quantitative estimate of drug-likeness (QED) is 0.293. The fraction of sp³-hybridized carbons (Fsp3) is 0.483. The molecule has 5 rings (SSSR count). The van der Waals surface area contributed by atoms with E-state index in [0.29, 0.717) is 18.7 Å². The van der Waals surface area contributed by atoms with Crippen molar-refractivity contribution in [1.29, 1.82) is 0 Å². The summed E-state index contributed by atoms with van der Waals surface area (Å²) in [6, 6.07) is 16.6. The number of nitrogens with one attached hydrogen (secondary N) is 2. The average Bonchev–Trinajstić information content (AvgIpc) is 3.52. The van der Waals surface area contributed by atoms with Gasteiger partial charge >= 0.3 is 0 Å². The second-order valence-electron chi connectivity index (χ2n) is 10.4. The number of aliphatic hydroxyl groups excluding tert-OH is 1. The van der Waals surface area contributed by atoms with Gasteiger partial charge in [0, 0.05) is 17.1 Å². The van der Waals surface area contributed by atoms with Crippen molar-refractivity contribution >= 4 is 39.3 Å². The summed E-state index contributed by atoms with van der Waals surface area (Å²) in [4.78, 5) is 43.0. The summed E-state index contributed by atoms with van der Waals surface area (Å²) in [5, 5.41) is 16.5. The summed E-state index contributed by atoms with van der Waals surface area (Å²) in [7, 11) is 0. The summed E-state index contributed by atoms with van der Waals surface area (Å²) in [5.74, 6) is -2.58. The first-order chi connectivity index (χ1) is 18.4. The van der Waals surface area contributed by atoms with Crippen LogP contribution in [0, 0.1) is 11.8 Å². The molecule has 0 saturated carbocycles. The molecule has 7 atom stereocenters. The minimum atomic E-state index is -1.17. The number of halogens is 1. The van der Waals surface area contributed by atoms with E-state index in [-0.39, 0.29) is 29.2 Å². The molecule has 0 aromatic heterocycles. The van der Waals surface area contributed by atoms with Crippen molar-refractivity contribution in [3.05, 3.63) is 66.2 Å². The smallest absolute Gasteiger partial charge is 0.245 e. The number of hydrogen-bond acceptors (Lipinski definition) is 5. The van der Waals surface area contributed by atoms with Gasteiger partial charge in [0.25, 0.3) is 0 Å². The van der Waals surface area contributed by atoms with Crippen LogP contribution in [0.25, 0.3) is 0 Å². The number of hydrogen-bond donors (Lipinski definition) is 3. The minimum absolute atomic E-state index is 0.197. The van der Waals surface area contributed by atoms with Gasteiger partial charge < -0.3 is 25.4 Å². The molecule has 3 heterocycles. The van der Waals surface area contributed by atoms with E-state index in [2.05, 4.69) is 33.5 Å². The molecule has 2 aromatic rings. The Bertz CT molecular complexity index is 1170. The molecule has 3 amide bonds. The number of para-hydroxylation sites is 1. The van der Waals surface area contributed by atoms with Gasteiger partial charge in [0.2, 0.25) is 17.7 Å². The number of amides is 3. The Balaban J connectivity index is 1.53. The van der Waals surface area contributed by atoms with Gasteiger partial charge in [-0.3, -0.25) is 14.4 Å². The zero-order valence-corrected chi connectivity index (χ0v) is 23.0. The molecule has 3 aliphatic heterocycles. The lowest BCUT2D eigenvalue weighted by molar-refractivity contribution is -0.145. The zero-order chi connectivity index (χ0) is 26.9. The highest BCUT2D eigenvalue weighted by Crippen LogP contribution is 2.61. The van der Waals surface area contributed by atoms with Crippen LogP contribution in [0.5, 0.6) is 0 Å². The monoisotopic (exact) mass is 583 g/mol. The van der Waals surface area contributed by atoms with E-state index in [4.69, 9.17) is 4.74 Å². The highest BCUT2D eigenvalue weighted by molar-refractivity contribution is 9.09. The predicted molar refractivity (Wildman–Crippen MR) is 146 cm³/mol. The van der Waals surface area contributed by atoms with Gasteiger partial charge in [0.15, 0.2) is 0 Å². The summed E-state index contributed by atoms with van der Waals surface area (Å²) in [6.07, 6.45) is 2.70. The first kappa shape index (κ1) is 26.8. The molecule has 3 N–H and O–H groups in total. The van der Waals surface area contributed by atoms with Crippen molar-refractivity contribution in [2.45, 2.75) is 61.2 Å².